The van der Waals surface area contributed by atoms with E-state index in [0.29, 0.717) is 29.2 Å². The Hall–Kier alpha value is -1.38. The minimum absolute atomic E-state index is 0.154. The van der Waals surface area contributed by atoms with Gasteiger partial charge in [-0.25, -0.2) is 0 Å². The Balaban J connectivity index is 2.15. The second-order valence-corrected chi connectivity index (χ2v) is 9.42. The fourth-order valence-electron chi connectivity index (χ4n) is 3.09. The summed E-state index contributed by atoms with van der Waals surface area (Å²) in [5.74, 6) is 0.459. The number of halogens is 1. The maximum atomic E-state index is 12.7. The van der Waals surface area contributed by atoms with E-state index in [2.05, 4.69) is 23.8 Å². The van der Waals surface area contributed by atoms with Crippen LogP contribution in [0.3, 0.4) is 0 Å². The first kappa shape index (κ1) is 23.9. The first-order chi connectivity index (χ1) is 13.9. The molecule has 1 unspecified atom stereocenters. The molecule has 2 aromatic rings. The van der Waals surface area contributed by atoms with Gasteiger partial charge in [-0.2, -0.15) is 11.8 Å². The van der Waals surface area contributed by atoms with Crippen LogP contribution in [0.2, 0.25) is 5.02 Å². The first-order valence-corrected chi connectivity index (χ1v) is 12.1. The molecule has 29 heavy (non-hydrogen) atoms. The highest BCUT2D eigenvalue weighted by molar-refractivity contribution is 7.98. The molecule has 0 bridgehead atoms. The summed E-state index contributed by atoms with van der Waals surface area (Å²) in [5, 5.41) is 18.4. The molecule has 0 saturated carbocycles. The van der Waals surface area contributed by atoms with Gasteiger partial charge in [0.25, 0.3) is 5.91 Å². The summed E-state index contributed by atoms with van der Waals surface area (Å²) in [6.45, 7) is 7.49. The molecule has 2 rings (SSSR count). The number of aliphatic hydroxyl groups is 1. The molecule has 0 aliphatic carbocycles. The monoisotopic (exact) mass is 468 g/mol. The van der Waals surface area contributed by atoms with Gasteiger partial charge in [0.15, 0.2) is 5.11 Å². The molecular formula is C21H25ClN2O2S3. The van der Waals surface area contributed by atoms with Gasteiger partial charge in [0.1, 0.15) is 4.88 Å². The van der Waals surface area contributed by atoms with Crippen LogP contribution >= 0.6 is 46.9 Å². The van der Waals surface area contributed by atoms with Gasteiger partial charge in [-0.15, -0.1) is 24.5 Å². The summed E-state index contributed by atoms with van der Waals surface area (Å²) in [4.78, 5) is 13.1. The molecule has 4 nitrogen and oxygen atoms in total. The summed E-state index contributed by atoms with van der Waals surface area (Å²) >= 11 is 14.7. The SMILES string of the molecule is C=CCC(O)(CC=C)C(CCSC)NC(=S)NC(=O)c1sc2ccccc2c1Cl. The van der Waals surface area contributed by atoms with Crippen molar-refractivity contribution in [1.82, 2.24) is 10.6 Å². The van der Waals surface area contributed by atoms with Crippen LogP contribution in [0, 0.1) is 0 Å². The third-order valence-corrected chi connectivity index (χ3v) is 7.07. The van der Waals surface area contributed by atoms with Crippen LogP contribution in [-0.2, 0) is 0 Å². The molecule has 3 N–H and O–H groups in total. The van der Waals surface area contributed by atoms with Crippen LogP contribution in [-0.4, -0.2) is 39.8 Å². The van der Waals surface area contributed by atoms with Gasteiger partial charge in [0, 0.05) is 10.1 Å². The van der Waals surface area contributed by atoms with Crippen molar-refractivity contribution in [2.75, 3.05) is 12.0 Å². The van der Waals surface area contributed by atoms with Gasteiger partial charge >= 0.3 is 0 Å². The Bertz CT molecular complexity index is 887. The van der Waals surface area contributed by atoms with E-state index >= 15 is 0 Å². The van der Waals surface area contributed by atoms with Gasteiger partial charge in [-0.3, -0.25) is 10.1 Å². The molecule has 8 heteroatoms. The van der Waals surface area contributed by atoms with Crippen molar-refractivity contribution >= 4 is 68.0 Å². The number of thioether (sulfide) groups is 1. The van der Waals surface area contributed by atoms with E-state index in [9.17, 15) is 9.90 Å². The van der Waals surface area contributed by atoms with Crippen LogP contribution < -0.4 is 10.6 Å². The average molecular weight is 469 g/mol. The molecule has 0 saturated heterocycles. The number of thiocarbonyl (C=S) groups is 1. The number of rotatable bonds is 10. The Morgan fingerprint density at radius 2 is 2.03 bits per heavy atom. The zero-order valence-electron chi connectivity index (χ0n) is 16.2. The Labute approximate surface area is 190 Å². The van der Waals surface area contributed by atoms with Crippen molar-refractivity contribution in [2.24, 2.45) is 0 Å². The molecule has 156 valence electrons. The molecule has 0 aliphatic heterocycles. The number of carbonyl (C=O) groups is 1. The van der Waals surface area contributed by atoms with E-state index in [-0.39, 0.29) is 17.1 Å². The maximum absolute atomic E-state index is 12.7. The lowest BCUT2D eigenvalue weighted by molar-refractivity contribution is 0.0120. The molecule has 0 aliphatic rings. The number of fused-ring (bicyclic) bond motifs is 1. The maximum Gasteiger partial charge on any atom is 0.269 e. The Morgan fingerprint density at radius 3 is 2.62 bits per heavy atom. The van der Waals surface area contributed by atoms with Crippen LogP contribution in [0.25, 0.3) is 10.1 Å². The quantitative estimate of drug-likeness (QED) is 0.332. The molecule has 0 spiro atoms. The van der Waals surface area contributed by atoms with Crippen LogP contribution in [0.5, 0.6) is 0 Å². The summed E-state index contributed by atoms with van der Waals surface area (Å²) in [7, 11) is 0. The van der Waals surface area contributed by atoms with Crippen molar-refractivity contribution in [1.29, 1.82) is 0 Å². The first-order valence-electron chi connectivity index (χ1n) is 9.08. The number of hydrogen-bond donors (Lipinski definition) is 3. The lowest BCUT2D eigenvalue weighted by Gasteiger charge is -2.36. The van der Waals surface area contributed by atoms with Gasteiger partial charge in [0.2, 0.25) is 0 Å². The smallest absolute Gasteiger partial charge is 0.269 e. The van der Waals surface area contributed by atoms with Crippen LogP contribution in [0.15, 0.2) is 49.6 Å². The fourth-order valence-corrected chi connectivity index (χ4v) is 5.21. The molecule has 1 aromatic heterocycles. The predicted octanol–water partition coefficient (Wildman–Crippen LogP) is 5.16. The van der Waals surface area contributed by atoms with Crippen molar-refractivity contribution in [3.8, 4) is 0 Å². The minimum atomic E-state index is -1.09. The van der Waals surface area contributed by atoms with E-state index < -0.39 is 5.60 Å². The molecule has 1 heterocycles. The molecule has 0 fully saturated rings. The van der Waals surface area contributed by atoms with E-state index in [1.807, 2.05) is 30.5 Å². The van der Waals surface area contributed by atoms with Gasteiger partial charge in [-0.1, -0.05) is 42.0 Å². The minimum Gasteiger partial charge on any atom is -0.387 e. The molecular weight excluding hydrogens is 444 g/mol. The molecule has 1 aromatic carbocycles. The highest BCUT2D eigenvalue weighted by Crippen LogP contribution is 2.35. The number of benzene rings is 1. The second-order valence-electron chi connectivity index (χ2n) is 6.59. The number of carbonyl (C=O) groups excluding carboxylic acids is 1. The van der Waals surface area contributed by atoms with E-state index in [4.69, 9.17) is 23.8 Å². The third kappa shape index (κ3) is 6.06. The third-order valence-electron chi connectivity index (χ3n) is 4.53. The second kappa shape index (κ2) is 11.1. The van der Waals surface area contributed by atoms with Crippen molar-refractivity contribution < 1.29 is 9.90 Å². The van der Waals surface area contributed by atoms with E-state index in [1.54, 1.807) is 23.9 Å². The normalized spacial score (nSPS) is 12.4. The number of amides is 1. The molecule has 0 radical (unpaired) electrons. The van der Waals surface area contributed by atoms with Crippen molar-refractivity contribution in [3.63, 3.8) is 0 Å². The summed E-state index contributed by atoms with van der Waals surface area (Å²) < 4.78 is 0.936. The Kier molecular flexibility index (Phi) is 9.17. The highest BCUT2D eigenvalue weighted by atomic mass is 35.5. The summed E-state index contributed by atoms with van der Waals surface area (Å²) in [5.41, 5.74) is -1.09. The Morgan fingerprint density at radius 1 is 1.38 bits per heavy atom. The standard InChI is InChI=1S/C21H25ClN2O2S3/c1-4-11-21(26,12-5-2)16(10-13-28-3)23-20(27)24-19(25)18-17(22)14-8-6-7-9-15(14)29-18/h4-9,16,26H,1-2,10-13H2,3H3,(H2,23,24,25,27). The van der Waals surface area contributed by atoms with Crippen molar-refractivity contribution in [3.05, 3.63) is 59.5 Å². The fraction of sp³-hybridized carbons (Fsp3) is 0.333. The predicted molar refractivity (Wildman–Crippen MR) is 131 cm³/mol. The largest absolute Gasteiger partial charge is 0.387 e. The lowest BCUT2D eigenvalue weighted by Crippen LogP contribution is -2.55. The summed E-state index contributed by atoms with van der Waals surface area (Å²) in [6.07, 6.45) is 6.78. The summed E-state index contributed by atoms with van der Waals surface area (Å²) in [6, 6.07) is 7.22. The molecule has 1 atom stereocenters. The average Bonchev–Trinajstić information content (AvgIpc) is 3.02. The molecule has 1 amide bonds. The van der Waals surface area contributed by atoms with Crippen LogP contribution in [0.4, 0.5) is 0 Å². The number of nitrogens with one attached hydrogen (secondary N) is 2. The van der Waals surface area contributed by atoms with Crippen molar-refractivity contribution in [2.45, 2.75) is 30.9 Å². The zero-order chi connectivity index (χ0) is 21.4. The topological polar surface area (TPSA) is 61.4 Å². The number of thiophene rings is 1. The van der Waals surface area contributed by atoms with E-state index in [0.717, 1.165) is 15.8 Å². The van der Waals surface area contributed by atoms with Crippen LogP contribution in [0.1, 0.15) is 28.9 Å². The van der Waals surface area contributed by atoms with E-state index in [1.165, 1.54) is 11.3 Å². The van der Waals surface area contributed by atoms with Gasteiger partial charge < -0.3 is 10.4 Å². The lowest BCUT2D eigenvalue weighted by atomic mass is 9.85. The number of hydrogen-bond acceptors (Lipinski definition) is 5. The highest BCUT2D eigenvalue weighted by Gasteiger charge is 2.35. The zero-order valence-corrected chi connectivity index (χ0v) is 19.4. The van der Waals surface area contributed by atoms with Gasteiger partial charge in [0.05, 0.1) is 16.7 Å². The van der Waals surface area contributed by atoms with Gasteiger partial charge in [-0.05, 0) is 49.6 Å².